The summed E-state index contributed by atoms with van der Waals surface area (Å²) in [5, 5.41) is 3.08. The molecule has 4 rings (SSSR count). The number of carbonyl (C=O) groups is 2. The van der Waals surface area contributed by atoms with Crippen LogP contribution in [0.2, 0.25) is 0 Å². The summed E-state index contributed by atoms with van der Waals surface area (Å²) >= 11 is 0. The molecule has 0 aromatic heterocycles. The highest BCUT2D eigenvalue weighted by Crippen LogP contribution is 2.32. The maximum absolute atomic E-state index is 14.2. The van der Waals surface area contributed by atoms with Crippen molar-refractivity contribution in [3.05, 3.63) is 101 Å². The second kappa shape index (κ2) is 13.6. The highest BCUT2D eigenvalue weighted by molar-refractivity contribution is 7.92. The van der Waals surface area contributed by atoms with Crippen LogP contribution in [0.1, 0.15) is 47.9 Å². The molecule has 1 fully saturated rings. The van der Waals surface area contributed by atoms with Crippen LogP contribution >= 0.6 is 0 Å². The summed E-state index contributed by atoms with van der Waals surface area (Å²) in [6, 6.07) is 19.3. The van der Waals surface area contributed by atoms with Gasteiger partial charge in [0, 0.05) is 19.0 Å². The van der Waals surface area contributed by atoms with Gasteiger partial charge in [-0.25, -0.2) is 8.42 Å². The minimum atomic E-state index is -4.71. The molecular weight excluding hydrogens is 579 g/mol. The van der Waals surface area contributed by atoms with Crippen LogP contribution in [0.25, 0.3) is 0 Å². The number of hydrogen-bond donors (Lipinski definition) is 1. The molecule has 0 spiro atoms. The fourth-order valence-electron chi connectivity index (χ4n) is 5.34. The largest absolute Gasteiger partial charge is 0.416 e. The lowest BCUT2D eigenvalue weighted by Gasteiger charge is -2.34. The van der Waals surface area contributed by atoms with E-state index in [-0.39, 0.29) is 30.6 Å². The second-order valence-corrected chi connectivity index (χ2v) is 12.9. The summed E-state index contributed by atoms with van der Waals surface area (Å²) < 4.78 is 66.9. The third-order valence-corrected chi connectivity index (χ3v) is 8.86. The Labute approximate surface area is 250 Å². The molecule has 0 radical (unpaired) electrons. The van der Waals surface area contributed by atoms with Gasteiger partial charge in [-0.3, -0.25) is 13.9 Å². The lowest BCUT2D eigenvalue weighted by molar-refractivity contribution is -0.140. The molecule has 1 atom stereocenters. The fraction of sp³-hybridized carbons (Fsp3) is 0.375. The molecule has 1 N–H and O–H groups in total. The number of hydrogen-bond acceptors (Lipinski definition) is 4. The first kappa shape index (κ1) is 32.1. The third kappa shape index (κ3) is 8.59. The molecule has 0 aliphatic heterocycles. The average Bonchev–Trinajstić information content (AvgIpc) is 3.47. The molecule has 1 aliphatic rings. The zero-order valence-electron chi connectivity index (χ0n) is 24.2. The topological polar surface area (TPSA) is 86.8 Å². The number of nitrogens with one attached hydrogen (secondary N) is 1. The highest BCUT2D eigenvalue weighted by Gasteiger charge is 2.36. The quantitative estimate of drug-likeness (QED) is 0.310. The van der Waals surface area contributed by atoms with Crippen molar-refractivity contribution in [3.8, 4) is 0 Å². The Morgan fingerprint density at radius 1 is 0.953 bits per heavy atom. The minimum Gasteiger partial charge on any atom is -0.352 e. The van der Waals surface area contributed by atoms with E-state index in [4.69, 9.17) is 0 Å². The summed E-state index contributed by atoms with van der Waals surface area (Å²) in [5.74, 6) is -1.07. The average molecular weight is 616 g/mol. The number of nitrogens with zero attached hydrogens (tertiary/aromatic N) is 2. The molecule has 1 aliphatic carbocycles. The van der Waals surface area contributed by atoms with Crippen LogP contribution in [0.4, 0.5) is 18.9 Å². The van der Waals surface area contributed by atoms with Crippen LogP contribution in [-0.2, 0) is 38.8 Å². The van der Waals surface area contributed by atoms with Gasteiger partial charge in [-0.05, 0) is 54.7 Å². The van der Waals surface area contributed by atoms with E-state index in [9.17, 15) is 31.2 Å². The summed E-state index contributed by atoms with van der Waals surface area (Å²) in [5.41, 5.74) is 1.09. The molecule has 1 saturated carbocycles. The molecule has 2 amide bonds. The number of rotatable bonds is 11. The van der Waals surface area contributed by atoms with Crippen molar-refractivity contribution in [1.82, 2.24) is 10.2 Å². The fourth-order valence-corrected chi connectivity index (χ4v) is 6.19. The number of alkyl halides is 3. The Bertz CT molecular complexity index is 1520. The van der Waals surface area contributed by atoms with E-state index >= 15 is 0 Å². The van der Waals surface area contributed by atoms with E-state index in [2.05, 4.69) is 5.32 Å². The zero-order valence-corrected chi connectivity index (χ0v) is 25.0. The van der Waals surface area contributed by atoms with E-state index in [0.717, 1.165) is 60.8 Å². The second-order valence-electron chi connectivity index (χ2n) is 11.0. The maximum Gasteiger partial charge on any atom is 0.416 e. The monoisotopic (exact) mass is 615 g/mol. The van der Waals surface area contributed by atoms with Gasteiger partial charge < -0.3 is 10.2 Å². The van der Waals surface area contributed by atoms with E-state index in [0.29, 0.717) is 10.4 Å². The van der Waals surface area contributed by atoms with E-state index in [1.807, 2.05) is 55.5 Å². The summed E-state index contributed by atoms with van der Waals surface area (Å²) in [4.78, 5) is 29.4. The van der Waals surface area contributed by atoms with Crippen molar-refractivity contribution in [3.63, 3.8) is 0 Å². The third-order valence-electron chi connectivity index (χ3n) is 7.72. The van der Waals surface area contributed by atoms with Gasteiger partial charge in [0.15, 0.2) is 0 Å². The molecule has 0 unspecified atom stereocenters. The highest BCUT2D eigenvalue weighted by atomic mass is 32.2. The van der Waals surface area contributed by atoms with E-state index in [1.54, 1.807) is 6.07 Å². The first-order valence-corrected chi connectivity index (χ1v) is 16.0. The molecule has 3 aromatic rings. The molecule has 11 heteroatoms. The molecule has 0 heterocycles. The van der Waals surface area contributed by atoms with Crippen LogP contribution in [0, 0.1) is 6.92 Å². The SMILES string of the molecule is Cc1ccccc1CN(C(=O)CN(c1cccc(C(F)(F)F)c1)S(C)(=O)=O)[C@@H](Cc1ccccc1)C(=O)NC1CCCC1. The molecule has 3 aromatic carbocycles. The first-order valence-electron chi connectivity index (χ1n) is 14.2. The van der Waals surface area contributed by atoms with Crippen molar-refractivity contribution in [2.75, 3.05) is 17.1 Å². The normalized spacial score (nSPS) is 14.7. The number of halogens is 3. The first-order chi connectivity index (χ1) is 20.3. The molecule has 230 valence electrons. The van der Waals surface area contributed by atoms with Crippen molar-refractivity contribution >= 4 is 27.5 Å². The number of carbonyl (C=O) groups excluding carboxylic acids is 2. The number of aryl methyl sites for hydroxylation is 1. The Hall–Kier alpha value is -3.86. The molecular formula is C32H36F3N3O4S. The lowest BCUT2D eigenvalue weighted by Crippen LogP contribution is -2.54. The van der Waals surface area contributed by atoms with Gasteiger partial charge in [-0.1, -0.05) is 73.5 Å². The Morgan fingerprint density at radius 2 is 1.60 bits per heavy atom. The van der Waals surface area contributed by atoms with E-state index < -0.39 is 40.3 Å². The Kier molecular flexibility index (Phi) is 10.2. The van der Waals surface area contributed by atoms with Crippen molar-refractivity contribution in [2.45, 2.75) is 63.8 Å². The standard InChI is InChI=1S/C32H36F3N3O4S/c1-23-11-6-7-14-25(23)21-37(29(19-24-12-4-3-5-13-24)31(40)36-27-16-8-9-17-27)30(39)22-38(43(2,41)42)28-18-10-15-26(20-28)32(33,34)35/h3-7,10-15,18,20,27,29H,8-9,16-17,19,21-22H2,1-2H3,(H,36,40)/t29-/m0/s1. The number of amides is 2. The van der Waals surface area contributed by atoms with Crippen LogP contribution < -0.4 is 9.62 Å². The van der Waals surface area contributed by atoms with Gasteiger partial charge in [-0.15, -0.1) is 0 Å². The van der Waals surface area contributed by atoms with Crippen molar-refractivity contribution in [1.29, 1.82) is 0 Å². The smallest absolute Gasteiger partial charge is 0.352 e. The summed E-state index contributed by atoms with van der Waals surface area (Å²) in [6.07, 6.45) is -0.0834. The predicted molar refractivity (Wildman–Crippen MR) is 160 cm³/mol. The van der Waals surface area contributed by atoms with Crippen LogP contribution in [0.15, 0.2) is 78.9 Å². The number of benzene rings is 3. The van der Waals surface area contributed by atoms with Gasteiger partial charge in [0.2, 0.25) is 21.8 Å². The van der Waals surface area contributed by atoms with Gasteiger partial charge in [0.05, 0.1) is 17.5 Å². The maximum atomic E-state index is 14.2. The lowest BCUT2D eigenvalue weighted by atomic mass is 10.0. The number of sulfonamides is 1. The zero-order chi connectivity index (χ0) is 31.2. The molecule has 0 saturated heterocycles. The van der Waals surface area contributed by atoms with Crippen molar-refractivity contribution in [2.24, 2.45) is 0 Å². The predicted octanol–water partition coefficient (Wildman–Crippen LogP) is 5.48. The summed E-state index contributed by atoms with van der Waals surface area (Å²) in [7, 11) is -4.20. The Morgan fingerprint density at radius 3 is 2.23 bits per heavy atom. The van der Waals surface area contributed by atoms with Gasteiger partial charge >= 0.3 is 6.18 Å². The summed E-state index contributed by atoms with van der Waals surface area (Å²) in [6.45, 7) is 1.09. The molecule has 0 bridgehead atoms. The van der Waals surface area contributed by atoms with Gasteiger partial charge in [0.1, 0.15) is 12.6 Å². The van der Waals surface area contributed by atoms with Crippen molar-refractivity contribution < 1.29 is 31.2 Å². The van der Waals surface area contributed by atoms with E-state index in [1.165, 1.54) is 11.0 Å². The molecule has 7 nitrogen and oxygen atoms in total. The van der Waals surface area contributed by atoms with Gasteiger partial charge in [0.25, 0.3) is 0 Å². The Balaban J connectivity index is 1.75. The minimum absolute atomic E-state index is 0.00128. The van der Waals surface area contributed by atoms with Crippen LogP contribution in [-0.4, -0.2) is 50.0 Å². The van der Waals surface area contributed by atoms with Gasteiger partial charge in [-0.2, -0.15) is 13.2 Å². The van der Waals surface area contributed by atoms with Crippen LogP contribution in [0.5, 0.6) is 0 Å². The number of anilines is 1. The van der Waals surface area contributed by atoms with Crippen LogP contribution in [0.3, 0.4) is 0 Å². The molecule has 43 heavy (non-hydrogen) atoms.